The van der Waals surface area contributed by atoms with Gasteiger partial charge in [-0.1, -0.05) is 23.4 Å². The highest BCUT2D eigenvalue weighted by molar-refractivity contribution is 7.98. The minimum atomic E-state index is -0.185. The summed E-state index contributed by atoms with van der Waals surface area (Å²) in [5.74, 6) is -0.394. The molecule has 7 heteroatoms. The Kier molecular flexibility index (Phi) is 5.58. The number of Topliss-reactive ketones (excluding diaryl/α,β-unsaturated/α-hetero) is 1. The van der Waals surface area contributed by atoms with Crippen molar-refractivity contribution in [3.05, 3.63) is 16.9 Å². The smallest absolute Gasteiger partial charge is 0.308 e. The van der Waals surface area contributed by atoms with Crippen LogP contribution in [0.5, 0.6) is 0 Å². The Labute approximate surface area is 132 Å². The van der Waals surface area contributed by atoms with E-state index in [-0.39, 0.29) is 28.7 Å². The van der Waals surface area contributed by atoms with E-state index >= 15 is 0 Å². The number of ether oxygens (including phenoxy) is 1. The summed E-state index contributed by atoms with van der Waals surface area (Å²) in [7, 11) is 1.40. The number of rotatable bonds is 4. The molecule has 0 aliphatic heterocycles. The predicted molar refractivity (Wildman–Crippen MR) is 80.6 cm³/mol. The van der Waals surface area contributed by atoms with Gasteiger partial charge in [-0.15, -0.1) is 0 Å². The summed E-state index contributed by atoms with van der Waals surface area (Å²) in [4.78, 5) is 32.2. The van der Waals surface area contributed by atoms with Crippen molar-refractivity contribution in [3.63, 3.8) is 0 Å². The summed E-state index contributed by atoms with van der Waals surface area (Å²) in [6.45, 7) is 0. The summed E-state index contributed by atoms with van der Waals surface area (Å²) in [6.07, 6.45) is 4.54. The fourth-order valence-electron chi connectivity index (χ4n) is 2.58. The van der Waals surface area contributed by atoms with E-state index in [1.54, 1.807) is 0 Å². The molecule has 1 aromatic heterocycles. The van der Waals surface area contributed by atoms with Crippen LogP contribution in [0.1, 0.15) is 36.2 Å². The van der Waals surface area contributed by atoms with Crippen LogP contribution < -0.4 is 0 Å². The predicted octanol–water partition coefficient (Wildman–Crippen LogP) is 3.01. The van der Waals surface area contributed by atoms with Crippen LogP contribution in [0.15, 0.2) is 11.2 Å². The van der Waals surface area contributed by atoms with E-state index in [1.807, 2.05) is 6.26 Å². The molecule has 0 unspecified atom stereocenters. The third kappa shape index (κ3) is 3.95. The van der Waals surface area contributed by atoms with Crippen LogP contribution in [0.25, 0.3) is 0 Å². The third-order valence-electron chi connectivity index (χ3n) is 3.74. The van der Waals surface area contributed by atoms with Gasteiger partial charge in [-0.25, -0.2) is 9.97 Å². The molecule has 0 amide bonds. The second-order valence-electron chi connectivity index (χ2n) is 5.00. The number of hydrogen-bond acceptors (Lipinski definition) is 6. The Bertz CT molecular complexity index is 545. The minimum Gasteiger partial charge on any atom is -0.469 e. The summed E-state index contributed by atoms with van der Waals surface area (Å²) in [5, 5.41) is 0.773. The van der Waals surface area contributed by atoms with Crippen LogP contribution in [-0.2, 0) is 9.53 Å². The van der Waals surface area contributed by atoms with Crippen LogP contribution in [0.3, 0.4) is 0 Å². The van der Waals surface area contributed by atoms with Gasteiger partial charge in [0.25, 0.3) is 0 Å². The van der Waals surface area contributed by atoms with Gasteiger partial charge in [-0.2, -0.15) is 0 Å². The van der Waals surface area contributed by atoms with E-state index < -0.39 is 0 Å². The second kappa shape index (κ2) is 7.22. The van der Waals surface area contributed by atoms with Crippen molar-refractivity contribution in [2.75, 3.05) is 13.4 Å². The molecular formula is C14H17ClN2O3S. The van der Waals surface area contributed by atoms with Gasteiger partial charge in [0, 0.05) is 12.0 Å². The fourth-order valence-corrected chi connectivity index (χ4v) is 3.19. The van der Waals surface area contributed by atoms with Gasteiger partial charge in [0.15, 0.2) is 10.9 Å². The highest BCUT2D eigenvalue weighted by Gasteiger charge is 2.31. The van der Waals surface area contributed by atoms with Crippen LogP contribution in [0.2, 0.25) is 5.15 Å². The molecule has 21 heavy (non-hydrogen) atoms. The molecule has 0 aromatic carbocycles. The Balaban J connectivity index is 2.05. The van der Waals surface area contributed by atoms with Gasteiger partial charge in [0.2, 0.25) is 0 Å². The van der Waals surface area contributed by atoms with Crippen molar-refractivity contribution < 1.29 is 14.3 Å². The lowest BCUT2D eigenvalue weighted by atomic mass is 9.79. The quantitative estimate of drug-likeness (QED) is 0.278. The number of thioether (sulfide) groups is 1. The zero-order valence-corrected chi connectivity index (χ0v) is 13.5. The lowest BCUT2D eigenvalue weighted by Gasteiger charge is -2.25. The minimum absolute atomic E-state index is 0.0158. The number of nitrogens with zero attached hydrogens (tertiary/aromatic N) is 2. The first kappa shape index (κ1) is 16.2. The first-order chi connectivity index (χ1) is 10.0. The van der Waals surface area contributed by atoms with Gasteiger partial charge in [0.05, 0.1) is 13.0 Å². The van der Waals surface area contributed by atoms with Crippen LogP contribution in [-0.4, -0.2) is 35.1 Å². The summed E-state index contributed by atoms with van der Waals surface area (Å²) >= 11 is 7.27. The van der Waals surface area contributed by atoms with E-state index in [1.165, 1.54) is 24.9 Å². The maximum atomic E-state index is 12.5. The van der Waals surface area contributed by atoms with E-state index in [0.29, 0.717) is 36.5 Å². The van der Waals surface area contributed by atoms with Crippen LogP contribution >= 0.6 is 23.4 Å². The van der Waals surface area contributed by atoms with E-state index in [4.69, 9.17) is 16.3 Å². The van der Waals surface area contributed by atoms with Gasteiger partial charge in [0.1, 0.15) is 10.8 Å². The molecule has 0 N–H and O–H groups in total. The van der Waals surface area contributed by atoms with Crippen LogP contribution in [0, 0.1) is 11.8 Å². The second-order valence-corrected chi connectivity index (χ2v) is 6.16. The van der Waals surface area contributed by atoms with E-state index in [0.717, 1.165) is 0 Å². The van der Waals surface area contributed by atoms with E-state index in [2.05, 4.69) is 9.97 Å². The maximum absolute atomic E-state index is 12.5. The number of esters is 1. The Morgan fingerprint density at radius 1 is 1.24 bits per heavy atom. The highest BCUT2D eigenvalue weighted by atomic mass is 35.5. The molecule has 1 fully saturated rings. The number of carbonyl (C=O) groups is 2. The molecule has 0 saturated heterocycles. The number of aromatic nitrogens is 2. The lowest BCUT2D eigenvalue weighted by molar-refractivity contribution is -0.146. The van der Waals surface area contributed by atoms with Crippen molar-refractivity contribution in [2.24, 2.45) is 11.8 Å². The largest absolute Gasteiger partial charge is 0.469 e. The van der Waals surface area contributed by atoms with Crippen LogP contribution in [0.4, 0.5) is 0 Å². The van der Waals surface area contributed by atoms with Gasteiger partial charge in [-0.05, 0) is 31.9 Å². The Morgan fingerprint density at radius 2 is 1.86 bits per heavy atom. The normalized spacial score (nSPS) is 21.9. The standard InChI is InChI=1S/C14H17ClN2O3S/c1-20-13(19)9-5-3-8(4-6-9)12(18)10-7-11(15)17-14(16-10)21-2/h7-9H,3-6H2,1-2H3. The average Bonchev–Trinajstić information content (AvgIpc) is 2.52. The zero-order valence-electron chi connectivity index (χ0n) is 12.0. The summed E-state index contributed by atoms with van der Waals surface area (Å²) in [6, 6.07) is 1.51. The number of carbonyl (C=O) groups excluding carboxylic acids is 2. The van der Waals surface area contributed by atoms with E-state index in [9.17, 15) is 9.59 Å². The molecule has 5 nitrogen and oxygen atoms in total. The number of halogens is 1. The van der Waals surface area contributed by atoms with Gasteiger partial charge < -0.3 is 4.74 Å². The first-order valence-corrected chi connectivity index (χ1v) is 8.36. The van der Waals surface area contributed by atoms with Crippen molar-refractivity contribution in [2.45, 2.75) is 30.8 Å². The van der Waals surface area contributed by atoms with Gasteiger partial charge in [-0.3, -0.25) is 9.59 Å². The molecule has 1 saturated carbocycles. The van der Waals surface area contributed by atoms with Crippen molar-refractivity contribution in [1.29, 1.82) is 0 Å². The zero-order chi connectivity index (χ0) is 15.4. The summed E-state index contributed by atoms with van der Waals surface area (Å²) in [5.41, 5.74) is 0.362. The summed E-state index contributed by atoms with van der Waals surface area (Å²) < 4.78 is 4.75. The number of hydrogen-bond donors (Lipinski definition) is 0. The molecule has 1 heterocycles. The molecule has 2 rings (SSSR count). The molecule has 0 spiro atoms. The Morgan fingerprint density at radius 3 is 2.43 bits per heavy atom. The third-order valence-corrected chi connectivity index (χ3v) is 4.48. The highest BCUT2D eigenvalue weighted by Crippen LogP contribution is 2.31. The average molecular weight is 329 g/mol. The molecule has 1 aliphatic carbocycles. The molecule has 1 aromatic rings. The molecule has 0 bridgehead atoms. The molecule has 0 radical (unpaired) electrons. The molecule has 1 aliphatic rings. The Hall–Kier alpha value is -1.14. The van der Waals surface area contributed by atoms with Crippen molar-refractivity contribution in [3.8, 4) is 0 Å². The molecular weight excluding hydrogens is 312 g/mol. The number of ketones is 1. The fraction of sp³-hybridized carbons (Fsp3) is 0.571. The van der Waals surface area contributed by atoms with Crippen molar-refractivity contribution >= 4 is 35.1 Å². The van der Waals surface area contributed by atoms with Crippen molar-refractivity contribution in [1.82, 2.24) is 9.97 Å². The van der Waals surface area contributed by atoms with Gasteiger partial charge >= 0.3 is 5.97 Å². The number of methoxy groups -OCH3 is 1. The lowest BCUT2D eigenvalue weighted by Crippen LogP contribution is -2.27. The monoisotopic (exact) mass is 328 g/mol. The molecule has 0 atom stereocenters. The first-order valence-electron chi connectivity index (χ1n) is 6.75. The topological polar surface area (TPSA) is 69.2 Å². The maximum Gasteiger partial charge on any atom is 0.308 e. The molecule has 114 valence electrons. The SMILES string of the molecule is COC(=O)C1CCC(C(=O)c2cc(Cl)nc(SC)n2)CC1.